The Labute approximate surface area is 103 Å². The molecule has 1 atom stereocenters. The third kappa shape index (κ3) is 3.97. The highest BCUT2D eigenvalue weighted by molar-refractivity contribution is 6.28. The molecule has 1 N–H and O–H groups in total. The van der Waals surface area contributed by atoms with E-state index in [4.69, 9.17) is 11.6 Å². The third-order valence-corrected chi connectivity index (χ3v) is 3.06. The van der Waals surface area contributed by atoms with Crippen molar-refractivity contribution in [1.82, 2.24) is 9.97 Å². The topological polar surface area (TPSA) is 37.8 Å². The van der Waals surface area contributed by atoms with Crippen LogP contribution in [0.25, 0.3) is 0 Å². The smallest absolute Gasteiger partial charge is 0.224 e. The Kier molecular flexibility index (Phi) is 4.14. The van der Waals surface area contributed by atoms with Gasteiger partial charge < -0.3 is 5.32 Å². The summed E-state index contributed by atoms with van der Waals surface area (Å²) in [6.45, 7) is 11.7. The van der Waals surface area contributed by atoms with Crippen LogP contribution in [0.15, 0.2) is 6.07 Å². The van der Waals surface area contributed by atoms with Gasteiger partial charge in [0.1, 0.15) is 5.82 Å². The van der Waals surface area contributed by atoms with Gasteiger partial charge in [0, 0.05) is 18.3 Å². The Hall–Kier alpha value is -0.830. The second-order valence-corrected chi connectivity index (χ2v) is 5.65. The molecule has 0 fully saturated rings. The van der Waals surface area contributed by atoms with Crippen molar-refractivity contribution in [1.29, 1.82) is 0 Å². The minimum atomic E-state index is 0.291. The normalized spacial score (nSPS) is 13.6. The van der Waals surface area contributed by atoms with Crippen LogP contribution in [0.4, 0.5) is 5.82 Å². The van der Waals surface area contributed by atoms with Gasteiger partial charge in [-0.2, -0.15) is 0 Å². The lowest BCUT2D eigenvalue weighted by molar-refractivity contribution is 0.274. The van der Waals surface area contributed by atoms with Crippen molar-refractivity contribution >= 4 is 17.4 Å². The van der Waals surface area contributed by atoms with Gasteiger partial charge >= 0.3 is 0 Å². The zero-order chi connectivity index (χ0) is 12.3. The first-order chi connectivity index (χ1) is 7.29. The highest BCUT2D eigenvalue weighted by Gasteiger charge is 2.19. The van der Waals surface area contributed by atoms with E-state index in [1.165, 1.54) is 0 Å². The van der Waals surface area contributed by atoms with Gasteiger partial charge in [-0.25, -0.2) is 9.97 Å². The fourth-order valence-electron chi connectivity index (χ4n) is 1.19. The number of hydrogen-bond donors (Lipinski definition) is 1. The van der Waals surface area contributed by atoms with E-state index in [0.717, 1.165) is 18.1 Å². The van der Waals surface area contributed by atoms with Crippen LogP contribution in [0, 0.1) is 18.3 Å². The van der Waals surface area contributed by atoms with E-state index < -0.39 is 0 Å². The van der Waals surface area contributed by atoms with Gasteiger partial charge in [0.2, 0.25) is 5.28 Å². The second kappa shape index (κ2) is 5.00. The SMILES string of the molecule is Cc1cc(NCC(C)C(C)(C)C)nc(Cl)n1. The lowest BCUT2D eigenvalue weighted by Gasteiger charge is -2.27. The Morgan fingerprint density at radius 1 is 1.38 bits per heavy atom. The zero-order valence-electron chi connectivity index (χ0n) is 10.6. The molecule has 0 spiro atoms. The molecular formula is C12H20ClN3. The van der Waals surface area contributed by atoms with Crippen molar-refractivity contribution < 1.29 is 0 Å². The maximum atomic E-state index is 5.79. The molecule has 1 rings (SSSR count). The van der Waals surface area contributed by atoms with Crippen LogP contribution in [0.3, 0.4) is 0 Å². The van der Waals surface area contributed by atoms with E-state index in [1.54, 1.807) is 0 Å². The lowest BCUT2D eigenvalue weighted by atomic mass is 9.82. The van der Waals surface area contributed by atoms with Crippen LogP contribution >= 0.6 is 11.6 Å². The number of nitrogens with zero attached hydrogens (tertiary/aromatic N) is 2. The molecular weight excluding hydrogens is 222 g/mol. The van der Waals surface area contributed by atoms with Crippen molar-refractivity contribution in [3.05, 3.63) is 17.0 Å². The Morgan fingerprint density at radius 2 is 2.00 bits per heavy atom. The highest BCUT2D eigenvalue weighted by atomic mass is 35.5. The summed E-state index contributed by atoms with van der Waals surface area (Å²) in [5, 5.41) is 3.59. The molecule has 3 nitrogen and oxygen atoms in total. The van der Waals surface area contributed by atoms with Crippen molar-refractivity contribution in [3.8, 4) is 0 Å². The summed E-state index contributed by atoms with van der Waals surface area (Å²) in [4.78, 5) is 8.16. The molecule has 90 valence electrons. The lowest BCUT2D eigenvalue weighted by Crippen LogP contribution is -2.25. The van der Waals surface area contributed by atoms with Crippen LogP contribution in [0.1, 0.15) is 33.4 Å². The number of aryl methyl sites for hydroxylation is 1. The quantitative estimate of drug-likeness (QED) is 0.823. The van der Waals surface area contributed by atoms with Crippen LogP contribution in [0.5, 0.6) is 0 Å². The minimum absolute atomic E-state index is 0.291. The predicted octanol–water partition coefficient (Wildman–Crippen LogP) is 3.53. The Balaban J connectivity index is 2.61. The minimum Gasteiger partial charge on any atom is -0.370 e. The summed E-state index contributed by atoms with van der Waals surface area (Å²) >= 11 is 5.79. The van der Waals surface area contributed by atoms with Gasteiger partial charge in [-0.3, -0.25) is 0 Å². The molecule has 0 amide bonds. The number of hydrogen-bond acceptors (Lipinski definition) is 3. The largest absolute Gasteiger partial charge is 0.370 e. The van der Waals surface area contributed by atoms with E-state index in [1.807, 2.05) is 13.0 Å². The van der Waals surface area contributed by atoms with Gasteiger partial charge in [-0.05, 0) is 29.9 Å². The standard InChI is InChI=1S/C12H20ClN3/c1-8(12(3,4)5)7-14-10-6-9(2)15-11(13)16-10/h6,8H,7H2,1-5H3,(H,14,15,16). The summed E-state index contributed by atoms with van der Waals surface area (Å²) in [6, 6.07) is 1.90. The zero-order valence-corrected chi connectivity index (χ0v) is 11.4. The van der Waals surface area contributed by atoms with Crippen molar-refractivity contribution in [2.24, 2.45) is 11.3 Å². The van der Waals surface area contributed by atoms with Gasteiger partial charge in [0.05, 0.1) is 0 Å². The van der Waals surface area contributed by atoms with Crippen LogP contribution in [-0.4, -0.2) is 16.5 Å². The summed E-state index contributed by atoms with van der Waals surface area (Å²) in [7, 11) is 0. The predicted molar refractivity (Wildman–Crippen MR) is 68.9 cm³/mol. The molecule has 1 aromatic heterocycles. The molecule has 1 unspecified atom stereocenters. The molecule has 16 heavy (non-hydrogen) atoms. The summed E-state index contributed by atoms with van der Waals surface area (Å²) in [5.74, 6) is 1.36. The van der Waals surface area contributed by atoms with Gasteiger partial charge in [0.25, 0.3) is 0 Å². The average Bonchev–Trinajstić information content (AvgIpc) is 2.11. The first-order valence-electron chi connectivity index (χ1n) is 5.54. The molecule has 0 aromatic carbocycles. The van der Waals surface area contributed by atoms with E-state index >= 15 is 0 Å². The fraction of sp³-hybridized carbons (Fsp3) is 0.667. The maximum absolute atomic E-state index is 5.79. The van der Waals surface area contributed by atoms with Gasteiger partial charge in [-0.15, -0.1) is 0 Å². The van der Waals surface area contributed by atoms with Gasteiger partial charge in [-0.1, -0.05) is 27.7 Å². The number of nitrogens with one attached hydrogen (secondary N) is 1. The first-order valence-corrected chi connectivity index (χ1v) is 5.92. The third-order valence-electron chi connectivity index (χ3n) is 2.89. The fourth-order valence-corrected chi connectivity index (χ4v) is 1.41. The molecule has 0 radical (unpaired) electrons. The van der Waals surface area contributed by atoms with E-state index in [0.29, 0.717) is 16.6 Å². The molecule has 0 bridgehead atoms. The molecule has 0 saturated carbocycles. The number of anilines is 1. The van der Waals surface area contributed by atoms with E-state index in [9.17, 15) is 0 Å². The molecule has 0 aliphatic carbocycles. The second-order valence-electron chi connectivity index (χ2n) is 5.31. The van der Waals surface area contributed by atoms with Crippen molar-refractivity contribution in [2.75, 3.05) is 11.9 Å². The van der Waals surface area contributed by atoms with Crippen LogP contribution < -0.4 is 5.32 Å². The van der Waals surface area contributed by atoms with E-state index in [-0.39, 0.29) is 0 Å². The molecule has 4 heteroatoms. The molecule has 1 heterocycles. The van der Waals surface area contributed by atoms with E-state index in [2.05, 4.69) is 43.0 Å². The number of aromatic nitrogens is 2. The van der Waals surface area contributed by atoms with Gasteiger partial charge in [0.15, 0.2) is 0 Å². The van der Waals surface area contributed by atoms with Crippen LogP contribution in [0.2, 0.25) is 5.28 Å². The highest BCUT2D eigenvalue weighted by Crippen LogP contribution is 2.25. The average molecular weight is 242 g/mol. The van der Waals surface area contributed by atoms with Crippen molar-refractivity contribution in [3.63, 3.8) is 0 Å². The molecule has 0 aliphatic heterocycles. The molecule has 0 saturated heterocycles. The maximum Gasteiger partial charge on any atom is 0.224 e. The monoisotopic (exact) mass is 241 g/mol. The first kappa shape index (κ1) is 13.2. The number of halogens is 1. The molecule has 0 aliphatic rings. The summed E-state index contributed by atoms with van der Waals surface area (Å²) < 4.78 is 0. The number of rotatable bonds is 3. The van der Waals surface area contributed by atoms with Crippen LogP contribution in [-0.2, 0) is 0 Å². The summed E-state index contributed by atoms with van der Waals surface area (Å²) in [5.41, 5.74) is 1.17. The molecule has 1 aromatic rings. The van der Waals surface area contributed by atoms with Crippen molar-refractivity contribution in [2.45, 2.75) is 34.6 Å². The Morgan fingerprint density at radius 3 is 2.50 bits per heavy atom. The Bertz CT molecular complexity index is 338. The summed E-state index contributed by atoms with van der Waals surface area (Å²) in [6.07, 6.45) is 0.